The van der Waals surface area contributed by atoms with Crippen LogP contribution in [0.5, 0.6) is 0 Å². The van der Waals surface area contributed by atoms with E-state index in [4.69, 9.17) is 0 Å². The molecule has 0 aliphatic carbocycles. The van der Waals surface area contributed by atoms with Gasteiger partial charge in [0.1, 0.15) is 0 Å². The molecule has 3 nitrogen and oxygen atoms in total. The van der Waals surface area contributed by atoms with E-state index in [1.54, 1.807) is 0 Å². The first-order chi connectivity index (χ1) is 6.68. The molecule has 82 valence electrons. The maximum absolute atomic E-state index is 11.3. The molecule has 1 aliphatic rings. The third kappa shape index (κ3) is 4.86. The van der Waals surface area contributed by atoms with E-state index in [0.29, 0.717) is 18.5 Å². The molecule has 1 rings (SSSR count). The third-order valence-corrected chi connectivity index (χ3v) is 3.35. The summed E-state index contributed by atoms with van der Waals surface area (Å²) < 4.78 is 0. The lowest BCUT2D eigenvalue weighted by molar-refractivity contribution is -0.120. The first-order valence-electron chi connectivity index (χ1n) is 5.26. The van der Waals surface area contributed by atoms with Crippen molar-refractivity contribution in [1.82, 2.24) is 10.6 Å². The maximum atomic E-state index is 11.3. The first-order valence-corrected chi connectivity index (χ1v) is 6.41. The molecule has 0 radical (unpaired) electrons. The summed E-state index contributed by atoms with van der Waals surface area (Å²) in [5.41, 5.74) is 0. The lowest BCUT2D eigenvalue weighted by Crippen LogP contribution is -2.40. The summed E-state index contributed by atoms with van der Waals surface area (Å²) in [5, 5.41) is 6.17. The smallest absolute Gasteiger partial charge is 0.233 e. The van der Waals surface area contributed by atoms with Gasteiger partial charge < -0.3 is 10.6 Å². The Bertz CT molecular complexity index is 179. The second-order valence-electron chi connectivity index (χ2n) is 4.14. The summed E-state index contributed by atoms with van der Waals surface area (Å²) in [6.07, 6.45) is 1.20. The van der Waals surface area contributed by atoms with Crippen LogP contribution in [0.25, 0.3) is 0 Å². The minimum absolute atomic E-state index is 0.121. The molecule has 0 aromatic heterocycles. The fourth-order valence-corrected chi connectivity index (χ4v) is 2.50. The monoisotopic (exact) mass is 216 g/mol. The summed E-state index contributed by atoms with van der Waals surface area (Å²) in [7, 11) is 0. The quantitative estimate of drug-likeness (QED) is 0.716. The Labute approximate surface area is 90.4 Å². The Morgan fingerprint density at radius 2 is 2.36 bits per heavy atom. The van der Waals surface area contributed by atoms with Crippen molar-refractivity contribution in [3.8, 4) is 0 Å². The molecule has 1 atom stereocenters. The van der Waals surface area contributed by atoms with Gasteiger partial charge in [0.2, 0.25) is 5.91 Å². The second kappa shape index (κ2) is 6.30. The molecule has 1 heterocycles. The number of thioether (sulfide) groups is 1. The van der Waals surface area contributed by atoms with E-state index in [2.05, 4.69) is 24.5 Å². The molecular weight excluding hydrogens is 196 g/mol. The van der Waals surface area contributed by atoms with Crippen molar-refractivity contribution >= 4 is 17.7 Å². The van der Waals surface area contributed by atoms with Crippen molar-refractivity contribution in [2.24, 2.45) is 5.92 Å². The molecule has 4 heteroatoms. The maximum Gasteiger partial charge on any atom is 0.233 e. The summed E-state index contributed by atoms with van der Waals surface area (Å²) in [6, 6.07) is 0.546. The Morgan fingerprint density at radius 3 is 2.93 bits per heavy atom. The van der Waals surface area contributed by atoms with Crippen LogP contribution in [0.3, 0.4) is 0 Å². The van der Waals surface area contributed by atoms with Crippen LogP contribution in [-0.4, -0.2) is 36.5 Å². The minimum Gasteiger partial charge on any atom is -0.355 e. The molecule has 0 saturated carbocycles. The zero-order chi connectivity index (χ0) is 10.4. The first kappa shape index (κ1) is 11.9. The molecule has 14 heavy (non-hydrogen) atoms. The van der Waals surface area contributed by atoms with Gasteiger partial charge in [-0.25, -0.2) is 0 Å². The van der Waals surface area contributed by atoms with Crippen molar-refractivity contribution in [2.75, 3.05) is 24.6 Å². The molecule has 0 spiro atoms. The molecule has 1 fully saturated rings. The highest BCUT2D eigenvalue weighted by atomic mass is 32.2. The third-order valence-electron chi connectivity index (χ3n) is 2.19. The summed E-state index contributed by atoms with van der Waals surface area (Å²) in [6.45, 7) is 5.44. The Kier molecular flexibility index (Phi) is 5.33. The van der Waals surface area contributed by atoms with Gasteiger partial charge in [-0.2, -0.15) is 11.8 Å². The zero-order valence-electron chi connectivity index (χ0n) is 9.01. The van der Waals surface area contributed by atoms with Crippen molar-refractivity contribution in [1.29, 1.82) is 0 Å². The number of hydrogen-bond acceptors (Lipinski definition) is 3. The number of rotatable bonds is 5. The van der Waals surface area contributed by atoms with E-state index in [9.17, 15) is 4.79 Å². The SMILES string of the molecule is CC(C)CNC(=O)CNC1CCSC1. The van der Waals surface area contributed by atoms with Gasteiger partial charge in [-0.3, -0.25) is 4.79 Å². The molecule has 0 aromatic rings. The van der Waals surface area contributed by atoms with Crippen LogP contribution in [0, 0.1) is 5.92 Å². The van der Waals surface area contributed by atoms with Crippen molar-refractivity contribution in [2.45, 2.75) is 26.3 Å². The van der Waals surface area contributed by atoms with Crippen LogP contribution in [0.2, 0.25) is 0 Å². The van der Waals surface area contributed by atoms with Crippen molar-refractivity contribution in [3.05, 3.63) is 0 Å². The number of nitrogens with one attached hydrogen (secondary N) is 2. The highest BCUT2D eigenvalue weighted by Crippen LogP contribution is 2.16. The van der Waals surface area contributed by atoms with E-state index < -0.39 is 0 Å². The minimum atomic E-state index is 0.121. The number of amides is 1. The van der Waals surface area contributed by atoms with Gasteiger partial charge in [0.15, 0.2) is 0 Å². The van der Waals surface area contributed by atoms with Crippen LogP contribution in [0.15, 0.2) is 0 Å². The predicted octanol–water partition coefficient (Wildman–Crippen LogP) is 0.854. The molecular formula is C10H20N2OS. The molecule has 0 bridgehead atoms. The van der Waals surface area contributed by atoms with Gasteiger partial charge in [0, 0.05) is 18.3 Å². The Balaban J connectivity index is 2.02. The van der Waals surface area contributed by atoms with Crippen LogP contribution >= 0.6 is 11.8 Å². The van der Waals surface area contributed by atoms with Gasteiger partial charge in [-0.15, -0.1) is 0 Å². The highest BCUT2D eigenvalue weighted by Gasteiger charge is 2.15. The number of hydrogen-bond donors (Lipinski definition) is 2. The fourth-order valence-electron chi connectivity index (χ4n) is 1.31. The predicted molar refractivity (Wildman–Crippen MR) is 61.6 cm³/mol. The van der Waals surface area contributed by atoms with Gasteiger partial charge in [-0.1, -0.05) is 13.8 Å². The number of carbonyl (C=O) groups excluding carboxylic acids is 1. The van der Waals surface area contributed by atoms with Crippen LogP contribution in [0.1, 0.15) is 20.3 Å². The average molecular weight is 216 g/mol. The van der Waals surface area contributed by atoms with Crippen molar-refractivity contribution in [3.63, 3.8) is 0 Å². The van der Waals surface area contributed by atoms with E-state index in [-0.39, 0.29) is 5.91 Å². The Hall–Kier alpha value is -0.220. The second-order valence-corrected chi connectivity index (χ2v) is 5.29. The van der Waals surface area contributed by atoms with Crippen LogP contribution < -0.4 is 10.6 Å². The highest BCUT2D eigenvalue weighted by molar-refractivity contribution is 7.99. The normalized spacial score (nSPS) is 21.5. The number of carbonyl (C=O) groups is 1. The lowest BCUT2D eigenvalue weighted by atomic mass is 10.2. The molecule has 1 saturated heterocycles. The molecule has 1 unspecified atom stereocenters. The zero-order valence-corrected chi connectivity index (χ0v) is 9.82. The van der Waals surface area contributed by atoms with Gasteiger partial charge in [0.05, 0.1) is 6.54 Å². The van der Waals surface area contributed by atoms with E-state index >= 15 is 0 Å². The van der Waals surface area contributed by atoms with Gasteiger partial charge >= 0.3 is 0 Å². The molecule has 0 aromatic carbocycles. The van der Waals surface area contributed by atoms with Gasteiger partial charge in [-0.05, 0) is 18.1 Å². The largest absolute Gasteiger partial charge is 0.355 e. The van der Waals surface area contributed by atoms with Crippen LogP contribution in [0.4, 0.5) is 0 Å². The average Bonchev–Trinajstić information content (AvgIpc) is 2.63. The molecule has 1 amide bonds. The Morgan fingerprint density at radius 1 is 1.57 bits per heavy atom. The molecule has 2 N–H and O–H groups in total. The molecule has 1 aliphatic heterocycles. The summed E-state index contributed by atoms with van der Waals surface area (Å²) in [5.74, 6) is 3.03. The summed E-state index contributed by atoms with van der Waals surface area (Å²) in [4.78, 5) is 11.3. The lowest BCUT2D eigenvalue weighted by Gasteiger charge is -2.12. The van der Waals surface area contributed by atoms with Crippen LogP contribution in [-0.2, 0) is 4.79 Å². The fraction of sp³-hybridized carbons (Fsp3) is 0.900. The summed E-state index contributed by atoms with van der Waals surface area (Å²) >= 11 is 1.96. The van der Waals surface area contributed by atoms with E-state index in [1.165, 1.54) is 12.2 Å². The topological polar surface area (TPSA) is 41.1 Å². The standard InChI is InChI=1S/C10H20N2OS/c1-8(2)5-12-10(13)6-11-9-3-4-14-7-9/h8-9,11H,3-7H2,1-2H3,(H,12,13). The van der Waals surface area contributed by atoms with Crippen molar-refractivity contribution < 1.29 is 4.79 Å². The van der Waals surface area contributed by atoms with E-state index in [1.807, 2.05) is 11.8 Å². The van der Waals surface area contributed by atoms with Gasteiger partial charge in [0.25, 0.3) is 0 Å². The van der Waals surface area contributed by atoms with E-state index in [0.717, 1.165) is 12.3 Å².